The lowest BCUT2D eigenvalue weighted by Gasteiger charge is -2.38. The van der Waals surface area contributed by atoms with Crippen molar-refractivity contribution in [2.24, 2.45) is 0 Å². The molecule has 0 aliphatic rings. The van der Waals surface area contributed by atoms with Crippen molar-refractivity contribution < 1.29 is 17.8 Å². The molecule has 0 aliphatic heterocycles. The molecule has 0 atom stereocenters. The van der Waals surface area contributed by atoms with E-state index in [2.05, 4.69) is 16.7 Å². The highest BCUT2D eigenvalue weighted by atomic mass is 28.3. The molecule has 0 aliphatic carbocycles. The number of fused-ring (bicyclic) bond motifs is 3. The third-order valence-corrected chi connectivity index (χ3v) is 24.5. The van der Waals surface area contributed by atoms with Crippen molar-refractivity contribution in [2.75, 3.05) is 0 Å². The molecular formula is C76H55N3Si2. The highest BCUT2D eigenvalue weighted by Crippen LogP contribution is 2.34. The van der Waals surface area contributed by atoms with Crippen molar-refractivity contribution in [2.45, 2.75) is 0 Å². The van der Waals surface area contributed by atoms with Crippen LogP contribution in [0.5, 0.6) is 0 Å². The zero-order valence-corrected chi connectivity index (χ0v) is 45.6. The first-order chi connectivity index (χ1) is 45.6. The van der Waals surface area contributed by atoms with Crippen molar-refractivity contribution >= 4 is 79.4 Å². The highest BCUT2D eigenvalue weighted by molar-refractivity contribution is 7.22. The minimum Gasteiger partial charge on any atom is -0.294 e. The second-order valence-electron chi connectivity index (χ2n) is 19.8. The maximum atomic E-state index is 11.8. The fourth-order valence-corrected chi connectivity index (χ4v) is 21.1. The molecule has 0 N–H and O–H groups in total. The average Bonchev–Trinajstić information content (AvgIpc) is 0.894. The number of hydrogen-bond donors (Lipinski definition) is 0. The number of aromatic nitrogens is 3. The van der Waals surface area contributed by atoms with Crippen LogP contribution in [0.4, 0.5) is 0 Å². The van der Waals surface area contributed by atoms with Gasteiger partial charge in [-0.05, 0) is 75.9 Å². The molecule has 81 heavy (non-hydrogen) atoms. The summed E-state index contributed by atoms with van der Waals surface area (Å²) in [4.78, 5) is 10.9. The minimum atomic E-state index is -4.39. The Kier molecular flexibility index (Phi) is 9.71. The second-order valence-corrected chi connectivity index (χ2v) is 27.3. The lowest BCUT2D eigenvalue weighted by Crippen LogP contribution is -2.78. The molecule has 14 rings (SSSR count). The molecule has 0 fully saturated rings. The van der Waals surface area contributed by atoms with Crippen molar-refractivity contribution in [1.29, 1.82) is 0 Å². The smallest absolute Gasteiger partial charge is 0.179 e. The number of rotatable bonds is 13. The molecule has 0 radical (unpaired) electrons. The van der Waals surface area contributed by atoms with Crippen LogP contribution in [-0.2, 0) is 0 Å². The molecule has 2 aromatic heterocycles. The summed E-state index contributed by atoms with van der Waals surface area (Å²) in [7, 11) is -8.77. The number of nitrogens with zero attached hydrogens (tertiary/aromatic N) is 3. The Bertz CT molecular complexity index is 4900. The van der Waals surface area contributed by atoms with Crippen LogP contribution in [0.1, 0.15) is 17.8 Å². The Balaban J connectivity index is 1.22. The maximum absolute atomic E-state index is 11.8. The molecule has 0 saturated heterocycles. The van der Waals surface area contributed by atoms with E-state index < -0.39 is 76.6 Å². The molecule has 0 unspecified atom stereocenters. The van der Waals surface area contributed by atoms with E-state index in [9.17, 15) is 9.60 Å². The molecule has 2 heterocycles. The standard InChI is InChI=1S/C76H55N3Si2/c1-8-28-56(29-9-1)59-34-26-44-66(50-59)80(62-36-14-4-15-37-62,63-38-16-5-17-39-63)68-52-61(72-55-75(78-76(77-72)58-32-12-3-13-33-58)79-73-48-24-22-46-70(73)71-47-23-25-49-74(71)79)53-69(54-68)81(64-40-18-6-19-41-64,65-42-20-7-21-43-65)67-45-27-35-60(51-67)57-30-10-2-11-31-57/h1-55H/i1D,2D,8D,9D,10D,11D,28D,29D,30D,31D,52D,53D,54D. The second kappa shape index (κ2) is 21.3. The third-order valence-electron chi connectivity index (χ3n) is 15.3. The van der Waals surface area contributed by atoms with Crippen LogP contribution < -0.4 is 41.5 Å². The van der Waals surface area contributed by atoms with Gasteiger partial charge in [-0.1, -0.05) is 315 Å². The molecule has 0 amide bonds. The lowest BCUT2D eigenvalue weighted by atomic mass is 10.1. The van der Waals surface area contributed by atoms with Gasteiger partial charge in [0, 0.05) is 28.0 Å². The van der Waals surface area contributed by atoms with E-state index >= 15 is 0 Å². The fraction of sp³-hybridized carbons (Fsp3) is 0. The van der Waals surface area contributed by atoms with Gasteiger partial charge in [0.15, 0.2) is 22.0 Å². The third kappa shape index (κ3) is 8.77. The summed E-state index contributed by atoms with van der Waals surface area (Å²) in [5.74, 6) is 0.744. The van der Waals surface area contributed by atoms with Crippen LogP contribution >= 0.6 is 0 Å². The van der Waals surface area contributed by atoms with Crippen molar-refractivity contribution in [3.05, 3.63) is 333 Å². The van der Waals surface area contributed by atoms with Crippen molar-refractivity contribution in [3.63, 3.8) is 0 Å². The van der Waals surface area contributed by atoms with Gasteiger partial charge in [-0.2, -0.15) is 0 Å². The van der Waals surface area contributed by atoms with Crippen LogP contribution in [0, 0.1) is 0 Å². The van der Waals surface area contributed by atoms with E-state index in [1.807, 2.05) is 218 Å². The molecular weight excluding hydrogens is 1010 g/mol. The average molecular weight is 1080 g/mol. The van der Waals surface area contributed by atoms with Gasteiger partial charge in [0.25, 0.3) is 0 Å². The zero-order valence-electron chi connectivity index (χ0n) is 56.6. The van der Waals surface area contributed by atoms with Crippen LogP contribution in [0.2, 0.25) is 0 Å². The summed E-state index contributed by atoms with van der Waals surface area (Å²) in [5, 5.41) is 6.57. The number of para-hydroxylation sites is 2. The molecule has 0 spiro atoms. The predicted octanol–water partition coefficient (Wildman–Crippen LogP) is 13.0. The Hall–Kier alpha value is -10.0. The van der Waals surface area contributed by atoms with E-state index in [0.29, 0.717) is 38.7 Å². The molecule has 12 aromatic carbocycles. The first-order valence-corrected chi connectivity index (χ1v) is 30.7. The van der Waals surface area contributed by atoms with Crippen molar-refractivity contribution in [1.82, 2.24) is 14.5 Å². The summed E-state index contributed by atoms with van der Waals surface area (Å²) in [6, 6.07) is 75.8. The molecule has 0 bridgehead atoms. The van der Waals surface area contributed by atoms with Gasteiger partial charge < -0.3 is 0 Å². The van der Waals surface area contributed by atoms with E-state index in [1.54, 1.807) is 24.3 Å². The van der Waals surface area contributed by atoms with Crippen LogP contribution in [-0.4, -0.2) is 30.7 Å². The number of hydrogen-bond acceptors (Lipinski definition) is 2. The van der Waals surface area contributed by atoms with Gasteiger partial charge in [0.1, 0.15) is 5.82 Å². The Morgan fingerprint density at radius 2 is 0.654 bits per heavy atom. The van der Waals surface area contributed by atoms with Crippen LogP contribution in [0.15, 0.2) is 333 Å². The van der Waals surface area contributed by atoms with Crippen LogP contribution in [0.25, 0.3) is 72.5 Å². The molecule has 14 aromatic rings. The highest BCUT2D eigenvalue weighted by Gasteiger charge is 2.46. The zero-order chi connectivity index (χ0) is 65.3. The predicted molar refractivity (Wildman–Crippen MR) is 345 cm³/mol. The monoisotopic (exact) mass is 1080 g/mol. The van der Waals surface area contributed by atoms with Gasteiger partial charge in [-0.15, -0.1) is 0 Å². The fourth-order valence-electron chi connectivity index (χ4n) is 11.8. The van der Waals surface area contributed by atoms with Gasteiger partial charge in [0.2, 0.25) is 0 Å². The molecule has 3 nitrogen and oxygen atoms in total. The van der Waals surface area contributed by atoms with Gasteiger partial charge >= 0.3 is 0 Å². The summed E-state index contributed by atoms with van der Waals surface area (Å²) in [6.45, 7) is 0. The van der Waals surface area contributed by atoms with Gasteiger partial charge in [0.05, 0.1) is 34.5 Å². The van der Waals surface area contributed by atoms with Gasteiger partial charge in [-0.3, -0.25) is 4.57 Å². The van der Waals surface area contributed by atoms with E-state index in [0.717, 1.165) is 42.6 Å². The summed E-state index contributed by atoms with van der Waals surface area (Å²) in [6.07, 6.45) is 0. The Morgan fingerprint density at radius 3 is 1.09 bits per heavy atom. The lowest BCUT2D eigenvalue weighted by molar-refractivity contribution is 1.05. The van der Waals surface area contributed by atoms with Crippen molar-refractivity contribution in [3.8, 4) is 50.7 Å². The van der Waals surface area contributed by atoms with E-state index in [-0.39, 0.29) is 50.9 Å². The van der Waals surface area contributed by atoms with Gasteiger partial charge in [-0.25, -0.2) is 9.97 Å². The topological polar surface area (TPSA) is 30.7 Å². The molecule has 5 heteroatoms. The molecule has 0 saturated carbocycles. The van der Waals surface area contributed by atoms with Crippen LogP contribution in [0.3, 0.4) is 0 Å². The maximum Gasteiger partial charge on any atom is 0.179 e. The normalized spacial score (nSPS) is 14.0. The summed E-state index contributed by atoms with van der Waals surface area (Å²) < 4.78 is 127. The first-order valence-electron chi connectivity index (χ1n) is 33.2. The largest absolute Gasteiger partial charge is 0.294 e. The summed E-state index contributed by atoms with van der Waals surface area (Å²) >= 11 is 0. The number of benzene rings is 12. The Labute approximate surface area is 493 Å². The summed E-state index contributed by atoms with van der Waals surface area (Å²) in [5.41, 5.74) is 3.23. The minimum absolute atomic E-state index is 0.0254. The Morgan fingerprint density at radius 1 is 0.284 bits per heavy atom. The van der Waals surface area contributed by atoms with E-state index in [1.165, 1.54) is 0 Å². The SMILES string of the molecule is [2H]c1c([2H])c([2H])c(-c2cccc([Si](c3ccccc3)(c3ccccc3)c3c([2H])c(-c4cc(-n5c6ccccc6c6ccccc65)nc(-c5ccccc5)n4)c([2H])c([Si](c4ccccc4)(c4ccccc4)c4cccc(-c5c([2H])c([2H])c([2H])c([2H])c5[2H])c4)c3[2H])c2)c([2H])c1[2H]. The first kappa shape index (κ1) is 36.9. The van der Waals surface area contributed by atoms with E-state index in [4.69, 9.17) is 18.2 Å². The molecule has 382 valence electrons. The quantitative estimate of drug-likeness (QED) is 0.0851.